The molecule has 1 aromatic heterocycles. The maximum atomic E-state index is 11.8. The van der Waals surface area contributed by atoms with Crippen molar-refractivity contribution in [1.29, 1.82) is 0 Å². The van der Waals surface area contributed by atoms with Crippen molar-refractivity contribution in [3.8, 4) is 0 Å². The first kappa shape index (κ1) is 14.4. The van der Waals surface area contributed by atoms with E-state index in [0.29, 0.717) is 24.4 Å². The molecule has 0 spiro atoms. The van der Waals surface area contributed by atoms with Crippen LogP contribution in [0.2, 0.25) is 0 Å². The molecule has 0 bridgehead atoms. The fraction of sp³-hybridized carbons (Fsp3) is 0.538. The molecule has 0 aliphatic carbocycles. The molecule has 5 nitrogen and oxygen atoms in total. The molecular weight excluding hydrogens is 232 g/mol. The van der Waals surface area contributed by atoms with Crippen LogP contribution in [0.5, 0.6) is 0 Å². The molecule has 0 unspecified atom stereocenters. The van der Waals surface area contributed by atoms with Gasteiger partial charge in [-0.3, -0.25) is 9.59 Å². The SMILES string of the molecule is CC(C)Cc1cc(C(=O)NCCCO)cc(=O)[nH]1. The minimum Gasteiger partial charge on any atom is -0.396 e. The molecule has 0 saturated heterocycles. The van der Waals surface area contributed by atoms with E-state index in [1.54, 1.807) is 6.07 Å². The van der Waals surface area contributed by atoms with Gasteiger partial charge >= 0.3 is 0 Å². The van der Waals surface area contributed by atoms with E-state index in [2.05, 4.69) is 10.3 Å². The number of aromatic nitrogens is 1. The summed E-state index contributed by atoms with van der Waals surface area (Å²) in [7, 11) is 0. The summed E-state index contributed by atoms with van der Waals surface area (Å²) in [6, 6.07) is 2.99. The Morgan fingerprint density at radius 1 is 1.44 bits per heavy atom. The maximum Gasteiger partial charge on any atom is 0.251 e. The number of hydrogen-bond acceptors (Lipinski definition) is 3. The third-order valence-corrected chi connectivity index (χ3v) is 2.41. The van der Waals surface area contributed by atoms with Gasteiger partial charge in [0.05, 0.1) is 0 Å². The number of amides is 1. The molecule has 0 aromatic carbocycles. The van der Waals surface area contributed by atoms with Gasteiger partial charge in [0.15, 0.2) is 0 Å². The molecule has 0 aliphatic rings. The second kappa shape index (κ2) is 6.96. The molecule has 0 aliphatic heterocycles. The largest absolute Gasteiger partial charge is 0.396 e. The van der Waals surface area contributed by atoms with E-state index >= 15 is 0 Å². The Hall–Kier alpha value is -1.62. The minimum atomic E-state index is -0.278. The topological polar surface area (TPSA) is 82.2 Å². The first-order valence-corrected chi connectivity index (χ1v) is 6.15. The molecule has 1 amide bonds. The summed E-state index contributed by atoms with van der Waals surface area (Å²) in [6.45, 7) is 4.54. The third kappa shape index (κ3) is 4.71. The van der Waals surface area contributed by atoms with Crippen LogP contribution >= 0.6 is 0 Å². The van der Waals surface area contributed by atoms with Crippen LogP contribution in [0.1, 0.15) is 36.3 Å². The zero-order valence-electron chi connectivity index (χ0n) is 10.8. The highest BCUT2D eigenvalue weighted by molar-refractivity contribution is 5.94. The standard InChI is InChI=1S/C13H20N2O3/c1-9(2)6-11-7-10(8-12(17)15-11)13(18)14-4-3-5-16/h7-9,16H,3-6H2,1-2H3,(H,14,18)(H,15,17). The first-order valence-electron chi connectivity index (χ1n) is 6.15. The summed E-state index contributed by atoms with van der Waals surface area (Å²) in [5, 5.41) is 11.3. The van der Waals surface area contributed by atoms with Crippen molar-refractivity contribution in [3.05, 3.63) is 33.7 Å². The second-order valence-electron chi connectivity index (χ2n) is 4.69. The van der Waals surface area contributed by atoms with Gasteiger partial charge in [-0.05, 0) is 24.8 Å². The summed E-state index contributed by atoms with van der Waals surface area (Å²) >= 11 is 0. The Morgan fingerprint density at radius 2 is 2.17 bits per heavy atom. The lowest BCUT2D eigenvalue weighted by atomic mass is 10.1. The van der Waals surface area contributed by atoms with Gasteiger partial charge in [-0.25, -0.2) is 0 Å². The number of carbonyl (C=O) groups is 1. The van der Waals surface area contributed by atoms with E-state index in [4.69, 9.17) is 5.11 Å². The molecular formula is C13H20N2O3. The number of aliphatic hydroxyl groups excluding tert-OH is 1. The number of hydrogen-bond donors (Lipinski definition) is 3. The van der Waals surface area contributed by atoms with Crippen LogP contribution in [0.4, 0.5) is 0 Å². The average molecular weight is 252 g/mol. The predicted molar refractivity (Wildman–Crippen MR) is 69.6 cm³/mol. The molecule has 1 heterocycles. The van der Waals surface area contributed by atoms with E-state index in [9.17, 15) is 9.59 Å². The zero-order chi connectivity index (χ0) is 13.5. The highest BCUT2D eigenvalue weighted by Gasteiger charge is 2.08. The Labute approximate surface area is 106 Å². The van der Waals surface area contributed by atoms with E-state index in [0.717, 1.165) is 12.1 Å². The molecule has 0 saturated carbocycles. The molecule has 0 fully saturated rings. The Kier molecular flexibility index (Phi) is 5.58. The van der Waals surface area contributed by atoms with Crippen molar-refractivity contribution in [2.75, 3.05) is 13.2 Å². The number of aliphatic hydroxyl groups is 1. The average Bonchev–Trinajstić information content (AvgIpc) is 2.27. The smallest absolute Gasteiger partial charge is 0.251 e. The lowest BCUT2D eigenvalue weighted by Gasteiger charge is -2.08. The first-order chi connectivity index (χ1) is 8.52. The second-order valence-corrected chi connectivity index (χ2v) is 4.69. The highest BCUT2D eigenvalue weighted by Crippen LogP contribution is 2.05. The normalized spacial score (nSPS) is 10.7. The van der Waals surface area contributed by atoms with Crippen LogP contribution in [0, 0.1) is 5.92 Å². The van der Waals surface area contributed by atoms with Gasteiger partial charge in [0, 0.05) is 30.5 Å². The number of H-pyrrole nitrogens is 1. The van der Waals surface area contributed by atoms with Crippen LogP contribution in [-0.2, 0) is 6.42 Å². The van der Waals surface area contributed by atoms with Crippen LogP contribution in [0.15, 0.2) is 16.9 Å². The molecule has 1 aromatic rings. The molecule has 1 rings (SSSR count). The number of pyridine rings is 1. The molecule has 18 heavy (non-hydrogen) atoms. The van der Waals surface area contributed by atoms with Crippen LogP contribution < -0.4 is 10.9 Å². The summed E-state index contributed by atoms with van der Waals surface area (Å²) in [4.78, 5) is 25.9. The van der Waals surface area contributed by atoms with Crippen LogP contribution in [0.3, 0.4) is 0 Å². The van der Waals surface area contributed by atoms with Gasteiger partial charge in [-0.1, -0.05) is 13.8 Å². The molecule has 5 heteroatoms. The fourth-order valence-corrected chi connectivity index (χ4v) is 1.66. The summed E-state index contributed by atoms with van der Waals surface area (Å²) in [6.07, 6.45) is 1.24. The van der Waals surface area contributed by atoms with E-state index in [-0.39, 0.29) is 18.1 Å². The molecule has 100 valence electrons. The van der Waals surface area contributed by atoms with Gasteiger partial charge in [-0.2, -0.15) is 0 Å². The summed E-state index contributed by atoms with van der Waals surface area (Å²) < 4.78 is 0. The van der Waals surface area contributed by atoms with Crippen molar-refractivity contribution in [1.82, 2.24) is 10.3 Å². The quantitative estimate of drug-likeness (QED) is 0.651. The third-order valence-electron chi connectivity index (χ3n) is 2.41. The summed E-state index contributed by atoms with van der Waals surface area (Å²) in [5.74, 6) is 0.132. The van der Waals surface area contributed by atoms with Crippen molar-refractivity contribution >= 4 is 5.91 Å². The number of rotatable bonds is 6. The fourth-order valence-electron chi connectivity index (χ4n) is 1.66. The van der Waals surface area contributed by atoms with Gasteiger partial charge in [0.25, 0.3) is 5.91 Å². The number of nitrogens with one attached hydrogen (secondary N) is 2. The van der Waals surface area contributed by atoms with E-state index in [1.807, 2.05) is 13.8 Å². The Bertz CT molecular complexity index is 452. The highest BCUT2D eigenvalue weighted by atomic mass is 16.3. The lowest BCUT2D eigenvalue weighted by Crippen LogP contribution is -2.26. The maximum absolute atomic E-state index is 11.8. The molecule has 0 radical (unpaired) electrons. The van der Waals surface area contributed by atoms with Gasteiger partial charge in [0.1, 0.15) is 0 Å². The summed E-state index contributed by atoms with van der Waals surface area (Å²) in [5.41, 5.74) is 0.873. The number of aromatic amines is 1. The van der Waals surface area contributed by atoms with Crippen molar-refractivity contribution in [2.45, 2.75) is 26.7 Å². The van der Waals surface area contributed by atoms with Crippen LogP contribution in [-0.4, -0.2) is 29.1 Å². The Balaban J connectivity index is 2.78. The predicted octanol–water partition coefficient (Wildman–Crippen LogP) is 0.686. The van der Waals surface area contributed by atoms with E-state index in [1.165, 1.54) is 6.07 Å². The van der Waals surface area contributed by atoms with Gasteiger partial charge < -0.3 is 15.4 Å². The lowest BCUT2D eigenvalue weighted by molar-refractivity contribution is 0.0950. The minimum absolute atomic E-state index is 0.0360. The molecule has 3 N–H and O–H groups in total. The zero-order valence-corrected chi connectivity index (χ0v) is 10.8. The monoisotopic (exact) mass is 252 g/mol. The van der Waals surface area contributed by atoms with Gasteiger partial charge in [0.2, 0.25) is 5.56 Å². The van der Waals surface area contributed by atoms with Crippen LogP contribution in [0.25, 0.3) is 0 Å². The van der Waals surface area contributed by atoms with Crippen molar-refractivity contribution in [3.63, 3.8) is 0 Å². The Morgan fingerprint density at radius 3 is 2.78 bits per heavy atom. The van der Waals surface area contributed by atoms with Crippen molar-refractivity contribution < 1.29 is 9.90 Å². The number of carbonyl (C=O) groups excluding carboxylic acids is 1. The molecule has 0 atom stereocenters. The van der Waals surface area contributed by atoms with Crippen molar-refractivity contribution in [2.24, 2.45) is 5.92 Å². The van der Waals surface area contributed by atoms with E-state index < -0.39 is 0 Å². The van der Waals surface area contributed by atoms with Gasteiger partial charge in [-0.15, -0.1) is 0 Å².